The lowest BCUT2D eigenvalue weighted by atomic mass is 10.2. The molecule has 1 aliphatic rings. The number of hydrogen-bond donors (Lipinski definition) is 2. The largest absolute Gasteiger partial charge is 0.370 e. The second kappa shape index (κ2) is 5.34. The van der Waals surface area contributed by atoms with E-state index in [1.165, 1.54) is 36.1 Å². The molecule has 0 amide bonds. The van der Waals surface area contributed by atoms with Gasteiger partial charge in [0.25, 0.3) is 0 Å². The molecule has 16 heavy (non-hydrogen) atoms. The van der Waals surface area contributed by atoms with Crippen LogP contribution in [0.15, 0.2) is 16.4 Å². The van der Waals surface area contributed by atoms with E-state index in [1.807, 2.05) is 0 Å². The highest BCUT2D eigenvalue weighted by molar-refractivity contribution is 7.10. The molecular weight excluding hydrogens is 218 g/mol. The van der Waals surface area contributed by atoms with Crippen molar-refractivity contribution in [3.63, 3.8) is 0 Å². The molecule has 3 N–H and O–H groups in total. The summed E-state index contributed by atoms with van der Waals surface area (Å²) in [4.78, 5) is 5.69. The van der Waals surface area contributed by atoms with Gasteiger partial charge < -0.3 is 11.1 Å². The first-order chi connectivity index (χ1) is 7.75. The highest BCUT2D eigenvalue weighted by Gasteiger charge is 2.14. The molecule has 0 spiro atoms. The Bertz CT molecular complexity index is 364. The number of rotatable bonds is 3. The first-order valence-corrected chi connectivity index (χ1v) is 6.73. The molecule has 0 aliphatic heterocycles. The average Bonchev–Trinajstić information content (AvgIpc) is 2.87. The number of nitrogens with two attached hydrogens (primary N) is 1. The monoisotopic (exact) mass is 237 g/mol. The van der Waals surface area contributed by atoms with Gasteiger partial charge in [0.05, 0.1) is 6.54 Å². The third-order valence-electron chi connectivity index (χ3n) is 3.07. The van der Waals surface area contributed by atoms with E-state index in [0.717, 1.165) is 0 Å². The number of nitrogens with zero attached hydrogens (tertiary/aromatic N) is 1. The van der Waals surface area contributed by atoms with E-state index in [-0.39, 0.29) is 0 Å². The molecular formula is C12H19N3S. The molecule has 1 aromatic rings. The third kappa shape index (κ3) is 2.98. The van der Waals surface area contributed by atoms with Crippen LogP contribution in [0.4, 0.5) is 0 Å². The molecule has 0 saturated heterocycles. The lowest BCUT2D eigenvalue weighted by Gasteiger charge is -2.11. The number of aliphatic imine (C=N–C) groups is 1. The van der Waals surface area contributed by atoms with E-state index in [0.29, 0.717) is 18.5 Å². The first-order valence-electron chi connectivity index (χ1n) is 5.85. The van der Waals surface area contributed by atoms with Crippen molar-refractivity contribution in [2.24, 2.45) is 10.7 Å². The van der Waals surface area contributed by atoms with Crippen molar-refractivity contribution in [2.75, 3.05) is 0 Å². The minimum Gasteiger partial charge on any atom is -0.370 e. The number of nitrogens with one attached hydrogen (secondary N) is 1. The van der Waals surface area contributed by atoms with Crippen LogP contribution in [0.2, 0.25) is 0 Å². The van der Waals surface area contributed by atoms with Crippen molar-refractivity contribution in [3.05, 3.63) is 21.9 Å². The summed E-state index contributed by atoms with van der Waals surface area (Å²) in [6.45, 7) is 2.82. The van der Waals surface area contributed by atoms with Gasteiger partial charge in [0.15, 0.2) is 5.96 Å². The van der Waals surface area contributed by atoms with Crippen molar-refractivity contribution >= 4 is 17.3 Å². The Labute approximate surface area is 101 Å². The quantitative estimate of drug-likeness (QED) is 0.626. The maximum atomic E-state index is 5.86. The molecule has 88 valence electrons. The third-order valence-corrected chi connectivity index (χ3v) is 4.08. The maximum absolute atomic E-state index is 5.86. The van der Waals surface area contributed by atoms with Gasteiger partial charge in [-0.25, -0.2) is 4.99 Å². The minimum absolute atomic E-state index is 0.549. The minimum atomic E-state index is 0.549. The van der Waals surface area contributed by atoms with Crippen LogP contribution < -0.4 is 11.1 Å². The lowest BCUT2D eigenvalue weighted by Crippen LogP contribution is -2.38. The van der Waals surface area contributed by atoms with E-state index >= 15 is 0 Å². The molecule has 1 aromatic heterocycles. The van der Waals surface area contributed by atoms with Crippen LogP contribution in [0.25, 0.3) is 0 Å². The van der Waals surface area contributed by atoms with E-state index in [4.69, 9.17) is 5.73 Å². The Kier molecular flexibility index (Phi) is 3.83. The Balaban J connectivity index is 1.84. The zero-order valence-electron chi connectivity index (χ0n) is 9.70. The Morgan fingerprint density at radius 3 is 2.94 bits per heavy atom. The molecule has 1 fully saturated rings. The van der Waals surface area contributed by atoms with Gasteiger partial charge in [-0.05, 0) is 36.8 Å². The van der Waals surface area contributed by atoms with E-state index < -0.39 is 0 Å². The average molecular weight is 237 g/mol. The van der Waals surface area contributed by atoms with Gasteiger partial charge in [0.2, 0.25) is 0 Å². The summed E-state index contributed by atoms with van der Waals surface area (Å²) < 4.78 is 0. The van der Waals surface area contributed by atoms with E-state index in [2.05, 4.69) is 28.7 Å². The van der Waals surface area contributed by atoms with Crippen molar-refractivity contribution in [3.8, 4) is 0 Å². The van der Waals surface area contributed by atoms with Crippen LogP contribution in [0.1, 0.15) is 36.1 Å². The summed E-state index contributed by atoms with van der Waals surface area (Å²) in [5.74, 6) is 0.597. The number of thiophene rings is 1. The predicted molar refractivity (Wildman–Crippen MR) is 69.8 cm³/mol. The van der Waals surface area contributed by atoms with Crippen LogP contribution in [0, 0.1) is 6.92 Å². The second-order valence-corrected chi connectivity index (χ2v) is 5.35. The number of hydrogen-bond acceptors (Lipinski definition) is 2. The fourth-order valence-corrected chi connectivity index (χ4v) is 2.88. The molecule has 2 rings (SSSR count). The first kappa shape index (κ1) is 11.5. The van der Waals surface area contributed by atoms with Crippen molar-refractivity contribution < 1.29 is 0 Å². The molecule has 1 heterocycles. The van der Waals surface area contributed by atoms with Gasteiger partial charge in [-0.2, -0.15) is 0 Å². The second-order valence-electron chi connectivity index (χ2n) is 4.35. The Morgan fingerprint density at radius 2 is 2.31 bits per heavy atom. The van der Waals surface area contributed by atoms with Crippen LogP contribution in [0.5, 0.6) is 0 Å². The van der Waals surface area contributed by atoms with Crippen LogP contribution >= 0.6 is 11.3 Å². The maximum Gasteiger partial charge on any atom is 0.189 e. The van der Waals surface area contributed by atoms with Crippen molar-refractivity contribution in [1.29, 1.82) is 0 Å². The summed E-state index contributed by atoms with van der Waals surface area (Å²) in [7, 11) is 0. The number of guanidine groups is 1. The van der Waals surface area contributed by atoms with Crippen molar-refractivity contribution in [1.82, 2.24) is 5.32 Å². The molecule has 0 atom stereocenters. The molecule has 1 aliphatic carbocycles. The van der Waals surface area contributed by atoms with E-state index in [1.54, 1.807) is 11.3 Å². The molecule has 0 aromatic carbocycles. The normalized spacial score (nSPS) is 17.9. The van der Waals surface area contributed by atoms with Gasteiger partial charge in [-0.15, -0.1) is 11.3 Å². The highest BCUT2D eigenvalue weighted by atomic mass is 32.1. The topological polar surface area (TPSA) is 50.4 Å². The summed E-state index contributed by atoms with van der Waals surface area (Å²) in [5.41, 5.74) is 7.17. The van der Waals surface area contributed by atoms with Crippen molar-refractivity contribution in [2.45, 2.75) is 45.2 Å². The van der Waals surface area contributed by atoms with Crippen LogP contribution in [0.3, 0.4) is 0 Å². The summed E-state index contributed by atoms with van der Waals surface area (Å²) in [6, 6.07) is 2.67. The summed E-state index contributed by atoms with van der Waals surface area (Å²) >= 11 is 1.74. The smallest absolute Gasteiger partial charge is 0.189 e. The summed E-state index contributed by atoms with van der Waals surface area (Å²) in [6.07, 6.45) is 5.09. The molecule has 3 nitrogen and oxygen atoms in total. The number of aryl methyl sites for hydroxylation is 1. The lowest BCUT2D eigenvalue weighted by molar-refractivity contribution is 0.625. The van der Waals surface area contributed by atoms with Gasteiger partial charge in [-0.3, -0.25) is 0 Å². The summed E-state index contributed by atoms with van der Waals surface area (Å²) in [5, 5.41) is 5.39. The molecule has 4 heteroatoms. The highest BCUT2D eigenvalue weighted by Crippen LogP contribution is 2.18. The van der Waals surface area contributed by atoms with Gasteiger partial charge >= 0.3 is 0 Å². The predicted octanol–water partition coefficient (Wildman–Crippen LogP) is 2.40. The van der Waals surface area contributed by atoms with Crippen LogP contribution in [-0.4, -0.2) is 12.0 Å². The standard InChI is InChI=1S/C12H19N3S/c1-9-6-7-16-11(9)8-14-12(13)15-10-4-2-3-5-10/h6-7,10H,2-5,8H2,1H3,(H3,13,14,15). The molecule has 0 radical (unpaired) electrons. The zero-order chi connectivity index (χ0) is 11.4. The van der Waals surface area contributed by atoms with Crippen LogP contribution in [-0.2, 0) is 6.54 Å². The van der Waals surface area contributed by atoms with Gasteiger partial charge in [-0.1, -0.05) is 12.8 Å². The molecule has 0 bridgehead atoms. The molecule has 0 unspecified atom stereocenters. The fourth-order valence-electron chi connectivity index (χ4n) is 2.05. The van der Waals surface area contributed by atoms with Gasteiger partial charge in [0, 0.05) is 10.9 Å². The van der Waals surface area contributed by atoms with E-state index in [9.17, 15) is 0 Å². The SMILES string of the molecule is Cc1ccsc1CN=C(N)NC1CCCC1. The Hall–Kier alpha value is -1.03. The Morgan fingerprint density at radius 1 is 1.56 bits per heavy atom. The zero-order valence-corrected chi connectivity index (χ0v) is 10.5. The van der Waals surface area contributed by atoms with Gasteiger partial charge in [0.1, 0.15) is 0 Å². The fraction of sp³-hybridized carbons (Fsp3) is 0.583. The molecule has 1 saturated carbocycles.